The van der Waals surface area contributed by atoms with Gasteiger partial charge < -0.3 is 0 Å². The summed E-state index contributed by atoms with van der Waals surface area (Å²) in [4.78, 5) is 4.30. The Hall–Kier alpha value is -2.13. The standard InChI is InChI=1S/C14H15N5O2S2/c1-9-4-6-11(7-5-9)12-8-22-14(15-12)23(20,21)10(2)13-16-17-18-19(13)3/h4-8,10H,1-3H3/t10-/m0/s1. The van der Waals surface area contributed by atoms with Gasteiger partial charge in [0.25, 0.3) is 0 Å². The van der Waals surface area contributed by atoms with Crippen LogP contribution in [0.1, 0.15) is 23.6 Å². The van der Waals surface area contributed by atoms with E-state index in [0.29, 0.717) is 5.69 Å². The second kappa shape index (κ2) is 5.82. The number of nitrogens with zero attached hydrogens (tertiary/aromatic N) is 5. The Kier molecular flexibility index (Phi) is 3.99. The summed E-state index contributed by atoms with van der Waals surface area (Å²) >= 11 is 1.11. The van der Waals surface area contributed by atoms with Crippen molar-refractivity contribution >= 4 is 21.2 Å². The molecule has 9 heteroatoms. The van der Waals surface area contributed by atoms with Crippen molar-refractivity contribution in [2.45, 2.75) is 23.4 Å². The van der Waals surface area contributed by atoms with Crippen molar-refractivity contribution in [2.75, 3.05) is 0 Å². The molecule has 0 fully saturated rings. The van der Waals surface area contributed by atoms with Gasteiger partial charge in [0.1, 0.15) is 5.25 Å². The summed E-state index contributed by atoms with van der Waals surface area (Å²) in [5.41, 5.74) is 2.68. The monoisotopic (exact) mass is 349 g/mol. The van der Waals surface area contributed by atoms with Gasteiger partial charge >= 0.3 is 0 Å². The first-order valence-electron chi connectivity index (χ1n) is 6.88. The third-order valence-corrected chi connectivity index (χ3v) is 6.90. The Morgan fingerprint density at radius 3 is 2.52 bits per heavy atom. The van der Waals surface area contributed by atoms with Crippen LogP contribution in [0.15, 0.2) is 34.0 Å². The summed E-state index contributed by atoms with van der Waals surface area (Å²) in [6.07, 6.45) is 0. The Balaban J connectivity index is 1.96. The lowest BCUT2D eigenvalue weighted by Crippen LogP contribution is -2.15. The predicted octanol–water partition coefficient (Wildman–Crippen LogP) is 2.18. The van der Waals surface area contributed by atoms with Crippen LogP contribution in [0.3, 0.4) is 0 Å². The normalized spacial score (nSPS) is 13.2. The zero-order valence-corrected chi connectivity index (χ0v) is 14.5. The molecular formula is C14H15N5O2S2. The van der Waals surface area contributed by atoms with E-state index in [4.69, 9.17) is 0 Å². The van der Waals surface area contributed by atoms with Gasteiger partial charge in [0.2, 0.25) is 14.2 Å². The number of aromatic nitrogens is 5. The molecule has 0 aliphatic rings. The van der Waals surface area contributed by atoms with Gasteiger partial charge in [-0.2, -0.15) is 0 Å². The van der Waals surface area contributed by atoms with Crippen molar-refractivity contribution in [3.8, 4) is 11.3 Å². The molecule has 2 aromatic heterocycles. The first-order chi connectivity index (χ1) is 10.9. The lowest BCUT2D eigenvalue weighted by atomic mass is 10.1. The fraction of sp³-hybridized carbons (Fsp3) is 0.286. The van der Waals surface area contributed by atoms with E-state index < -0.39 is 15.1 Å². The van der Waals surface area contributed by atoms with E-state index >= 15 is 0 Å². The second-order valence-corrected chi connectivity index (χ2v) is 8.51. The van der Waals surface area contributed by atoms with Gasteiger partial charge in [-0.15, -0.1) is 16.4 Å². The van der Waals surface area contributed by atoms with E-state index in [1.165, 1.54) is 4.68 Å². The smallest absolute Gasteiger partial charge is 0.215 e. The molecule has 2 heterocycles. The number of hydrogen-bond donors (Lipinski definition) is 0. The predicted molar refractivity (Wildman–Crippen MR) is 86.7 cm³/mol. The molecule has 1 atom stereocenters. The van der Waals surface area contributed by atoms with Gasteiger partial charge in [-0.25, -0.2) is 18.1 Å². The van der Waals surface area contributed by atoms with Crippen molar-refractivity contribution in [3.63, 3.8) is 0 Å². The Labute approximate surface area is 137 Å². The third-order valence-electron chi connectivity index (χ3n) is 3.56. The van der Waals surface area contributed by atoms with Crippen molar-refractivity contribution < 1.29 is 8.42 Å². The largest absolute Gasteiger partial charge is 0.231 e. The minimum Gasteiger partial charge on any atom is -0.231 e. The van der Waals surface area contributed by atoms with E-state index in [0.717, 1.165) is 22.5 Å². The summed E-state index contributed by atoms with van der Waals surface area (Å²) in [5.74, 6) is 0.289. The Bertz CT molecular complexity index is 928. The van der Waals surface area contributed by atoms with Gasteiger partial charge in [0.15, 0.2) is 5.82 Å². The van der Waals surface area contributed by atoms with Gasteiger partial charge in [0.05, 0.1) is 5.69 Å². The lowest BCUT2D eigenvalue weighted by Gasteiger charge is -2.08. The number of tetrazole rings is 1. The number of aryl methyl sites for hydroxylation is 2. The van der Waals surface area contributed by atoms with Crippen molar-refractivity contribution in [2.24, 2.45) is 7.05 Å². The summed E-state index contributed by atoms with van der Waals surface area (Å²) < 4.78 is 26.9. The van der Waals surface area contributed by atoms with E-state index in [1.807, 2.05) is 31.2 Å². The highest BCUT2D eigenvalue weighted by atomic mass is 32.2. The van der Waals surface area contributed by atoms with E-state index in [-0.39, 0.29) is 10.2 Å². The molecule has 0 amide bonds. The number of benzene rings is 1. The summed E-state index contributed by atoms with van der Waals surface area (Å²) in [5, 5.41) is 11.8. The second-order valence-electron chi connectivity index (χ2n) is 5.21. The zero-order chi connectivity index (χ0) is 16.6. The van der Waals surface area contributed by atoms with Crippen LogP contribution < -0.4 is 0 Å². The molecule has 0 N–H and O–H groups in total. The summed E-state index contributed by atoms with van der Waals surface area (Å²) in [7, 11) is -2.02. The summed E-state index contributed by atoms with van der Waals surface area (Å²) in [6, 6.07) is 7.79. The SMILES string of the molecule is Cc1ccc(-c2csc(S(=O)(=O)[C@@H](C)c3nnnn3C)n2)cc1. The molecule has 3 rings (SSSR count). The first kappa shape index (κ1) is 15.8. The zero-order valence-electron chi connectivity index (χ0n) is 12.8. The number of thiazole rings is 1. The van der Waals surface area contributed by atoms with Crippen LogP contribution in [0.2, 0.25) is 0 Å². The van der Waals surface area contributed by atoms with E-state index in [9.17, 15) is 8.42 Å². The fourth-order valence-corrected chi connectivity index (χ4v) is 4.79. The Morgan fingerprint density at radius 1 is 1.22 bits per heavy atom. The molecule has 23 heavy (non-hydrogen) atoms. The maximum atomic E-state index is 12.7. The molecule has 0 saturated heterocycles. The van der Waals surface area contributed by atoms with Gasteiger partial charge in [0, 0.05) is 18.0 Å². The fourth-order valence-electron chi connectivity index (χ4n) is 2.12. The average molecular weight is 349 g/mol. The molecule has 7 nitrogen and oxygen atoms in total. The summed E-state index contributed by atoms with van der Waals surface area (Å²) in [6.45, 7) is 3.56. The van der Waals surface area contributed by atoms with Gasteiger partial charge in [-0.3, -0.25) is 0 Å². The van der Waals surface area contributed by atoms with Gasteiger partial charge in [-0.1, -0.05) is 29.8 Å². The molecule has 120 valence electrons. The van der Waals surface area contributed by atoms with Crippen LogP contribution in [-0.4, -0.2) is 33.6 Å². The maximum absolute atomic E-state index is 12.7. The van der Waals surface area contributed by atoms with Crippen LogP contribution in [0.5, 0.6) is 0 Å². The highest BCUT2D eigenvalue weighted by Gasteiger charge is 2.31. The minimum atomic E-state index is -3.64. The minimum absolute atomic E-state index is 0.0728. The van der Waals surface area contributed by atoms with Crippen LogP contribution >= 0.6 is 11.3 Å². The molecule has 0 bridgehead atoms. The van der Waals surface area contributed by atoms with Crippen LogP contribution in [0, 0.1) is 6.92 Å². The highest BCUT2D eigenvalue weighted by molar-refractivity contribution is 7.93. The third kappa shape index (κ3) is 2.89. The maximum Gasteiger partial charge on any atom is 0.215 e. The number of sulfone groups is 1. The molecule has 0 saturated carbocycles. The molecule has 0 aliphatic carbocycles. The van der Waals surface area contributed by atoms with E-state index in [1.54, 1.807) is 19.4 Å². The van der Waals surface area contributed by atoms with Crippen molar-refractivity contribution in [1.82, 2.24) is 25.2 Å². The first-order valence-corrected chi connectivity index (χ1v) is 9.31. The topological polar surface area (TPSA) is 90.6 Å². The molecule has 0 radical (unpaired) electrons. The van der Waals surface area contributed by atoms with Crippen LogP contribution in [0.25, 0.3) is 11.3 Å². The van der Waals surface area contributed by atoms with Crippen molar-refractivity contribution in [1.29, 1.82) is 0 Å². The van der Waals surface area contributed by atoms with E-state index in [2.05, 4.69) is 20.5 Å². The highest BCUT2D eigenvalue weighted by Crippen LogP contribution is 2.31. The number of rotatable bonds is 4. The molecule has 3 aromatic rings. The molecule has 0 aliphatic heterocycles. The quantitative estimate of drug-likeness (QED) is 0.717. The molecule has 0 spiro atoms. The lowest BCUT2D eigenvalue weighted by molar-refractivity contribution is 0.576. The van der Waals surface area contributed by atoms with Gasteiger partial charge in [-0.05, 0) is 24.3 Å². The average Bonchev–Trinajstić information content (AvgIpc) is 3.16. The molecule has 0 unspecified atom stereocenters. The molecule has 1 aromatic carbocycles. The van der Waals surface area contributed by atoms with Crippen LogP contribution in [0.4, 0.5) is 0 Å². The molecular weight excluding hydrogens is 334 g/mol. The van der Waals surface area contributed by atoms with Crippen molar-refractivity contribution in [3.05, 3.63) is 41.0 Å². The Morgan fingerprint density at radius 2 is 1.91 bits per heavy atom. The number of hydrogen-bond acceptors (Lipinski definition) is 7. The van der Waals surface area contributed by atoms with Crippen LogP contribution in [-0.2, 0) is 16.9 Å².